The summed E-state index contributed by atoms with van der Waals surface area (Å²) < 4.78 is 162. The van der Waals surface area contributed by atoms with E-state index in [1.807, 2.05) is 103 Å². The zero-order valence-corrected chi connectivity index (χ0v) is 79.6. The number of β-amino-alcohol motifs (C(OH)–C–C–N with tert-alkyl or cyclic N) is 1. The number of carbonyl (C=O) groups is 1. The molecule has 0 bridgehead atoms. The molecule has 48 heteroatoms. The zero-order valence-electron chi connectivity index (χ0n) is 76.3. The number of aryl methyl sites for hydroxylation is 6. The summed E-state index contributed by atoms with van der Waals surface area (Å²) >= 11 is 5.19. The molecule has 11 aromatic heterocycles. The number of H-pyrrole nitrogens is 5. The fourth-order valence-corrected chi connectivity index (χ4v) is 20.3. The molecule has 15 heterocycles. The summed E-state index contributed by atoms with van der Waals surface area (Å²) in [6.45, 7) is 12.5. The van der Waals surface area contributed by atoms with Crippen molar-refractivity contribution in [3.05, 3.63) is 180 Å². The van der Waals surface area contributed by atoms with Gasteiger partial charge in [-0.15, -0.1) is 0 Å². The summed E-state index contributed by atoms with van der Waals surface area (Å²) in [6, 6.07) is 41.1. The van der Waals surface area contributed by atoms with Crippen molar-refractivity contribution < 1.29 is 72.6 Å². The molecular formula is C93H106F12N30O2S4. The van der Waals surface area contributed by atoms with Gasteiger partial charge in [0.15, 0.2) is 43.9 Å². The van der Waals surface area contributed by atoms with Crippen LogP contribution in [0.2, 0.25) is 0 Å². The van der Waals surface area contributed by atoms with E-state index in [1.165, 1.54) is 60.2 Å². The van der Waals surface area contributed by atoms with Gasteiger partial charge in [-0.25, -0.2) is 63.0 Å². The maximum Gasteiger partial charge on any atom is 0.449 e. The van der Waals surface area contributed by atoms with Gasteiger partial charge in [-0.1, -0.05) is 6.07 Å². The second-order valence-corrected chi connectivity index (χ2v) is 41.0. The summed E-state index contributed by atoms with van der Waals surface area (Å²) in [6.07, 6.45) is -7.48. The summed E-state index contributed by atoms with van der Waals surface area (Å²) in [4.78, 5) is 74.0. The molecule has 11 N–H and O–H groups in total. The first kappa shape index (κ1) is 95.3. The highest BCUT2D eigenvalue weighted by Crippen LogP contribution is 2.53. The van der Waals surface area contributed by atoms with E-state index in [9.17, 15) is 62.6 Å². The molecule has 4 aliphatic carbocycles. The van der Waals surface area contributed by atoms with Gasteiger partial charge in [-0.3, -0.25) is 30.2 Å². The molecule has 748 valence electrons. The highest BCUT2D eigenvalue weighted by molar-refractivity contribution is 8.00. The van der Waals surface area contributed by atoms with Crippen molar-refractivity contribution in [2.45, 2.75) is 180 Å². The minimum absolute atomic E-state index is 0. The number of imidazole rings is 2. The second-order valence-electron chi connectivity index (χ2n) is 36.9. The van der Waals surface area contributed by atoms with E-state index in [-0.39, 0.29) is 57.4 Å². The van der Waals surface area contributed by atoms with Crippen LogP contribution in [0.25, 0.3) is 33.0 Å². The van der Waals surface area contributed by atoms with Crippen LogP contribution in [0.5, 0.6) is 0 Å². The number of hydrogen-bond acceptors (Lipinski definition) is 29. The Kier molecular flexibility index (Phi) is 25.5. The third-order valence-electron chi connectivity index (χ3n) is 25.1. The maximum atomic E-state index is 15.0. The summed E-state index contributed by atoms with van der Waals surface area (Å²) in [5.41, 5.74) is 2.97. The van der Waals surface area contributed by atoms with Gasteiger partial charge in [0.2, 0.25) is 17.6 Å². The van der Waals surface area contributed by atoms with E-state index in [1.54, 1.807) is 72.8 Å². The average Bonchev–Trinajstić information content (AvgIpc) is 1.59. The Labute approximate surface area is 823 Å². The number of anilines is 13. The Balaban J connectivity index is 0.000000162. The number of alkyl halides is 12. The monoisotopic (exact) mass is 2030 g/mol. The number of halogens is 12. The number of hydrogen-bond donors (Lipinski definition) is 11. The number of aromatic nitrogens is 21. The van der Waals surface area contributed by atoms with E-state index in [2.05, 4.69) is 129 Å². The van der Waals surface area contributed by atoms with E-state index in [4.69, 9.17) is 9.97 Å². The van der Waals surface area contributed by atoms with Crippen molar-refractivity contribution in [1.82, 2.24) is 105 Å². The molecule has 0 atom stereocenters. The smallest absolute Gasteiger partial charge is 0.386 e. The lowest BCUT2D eigenvalue weighted by Crippen LogP contribution is -2.63. The number of aliphatic hydroxyl groups is 1. The topological polar surface area (TPSA) is 388 Å². The number of aromatic amines is 5. The largest absolute Gasteiger partial charge is 0.449 e. The highest BCUT2D eigenvalue weighted by Gasteiger charge is 2.58. The maximum absolute atomic E-state index is 15.0. The van der Waals surface area contributed by atoms with E-state index in [0.29, 0.717) is 151 Å². The normalized spacial score (nSPS) is 17.3. The van der Waals surface area contributed by atoms with Gasteiger partial charge in [0.25, 0.3) is 0 Å². The molecule has 0 radical (unpaired) electrons. The first-order chi connectivity index (χ1) is 67.2. The molecule has 8 fully saturated rings. The van der Waals surface area contributed by atoms with Crippen LogP contribution in [0.4, 0.5) is 128 Å². The molecule has 0 spiro atoms. The lowest BCUT2D eigenvalue weighted by Gasteiger charge is -2.47. The quantitative estimate of drug-likeness (QED) is 0.0168. The third kappa shape index (κ3) is 22.7. The molecular weight excluding hydrogens is 1930 g/mol. The number of nitrogens with zero attached hydrogens (tertiary/aromatic N) is 20. The molecule has 1 amide bonds. The molecule has 4 aliphatic heterocycles. The van der Waals surface area contributed by atoms with Crippen LogP contribution >= 0.6 is 47.0 Å². The minimum Gasteiger partial charge on any atom is -0.386 e. The third-order valence-corrected chi connectivity index (χ3v) is 28.5. The Morgan fingerprint density at radius 2 is 0.787 bits per heavy atom. The molecule has 0 unspecified atom stereocenters. The van der Waals surface area contributed by atoms with Crippen LogP contribution in [0.3, 0.4) is 0 Å². The summed E-state index contributed by atoms with van der Waals surface area (Å²) in [5.74, 6) is 5.29. The molecule has 8 aliphatic rings. The van der Waals surface area contributed by atoms with Crippen molar-refractivity contribution >= 4 is 161 Å². The van der Waals surface area contributed by atoms with Crippen LogP contribution in [0, 0.1) is 58.3 Å². The molecule has 15 aromatic rings. The SMILES string of the molecule is Cc1cc(Nc2cc(N3CC(F)(C4CC4)C3)nc(Sc3ccc(NC(=O)CCC(F)(F)F)cc3)n2)n[nH]1.Cc1cc(Nc2cc(N3CC(F)(C4CC4)C3)nc(Sc3ccc4nc(C(F)(F)F)n(C)c4c3)n2)n[nH]1.Cc1cc(Nc2cc(N3CC(O)(C4CC4)C3)nc(Sc3ccc4nc(C(F)(F)F)[nH]c4c3)n2)n[nH]1.Cc1ccc2cc(Sc3nc(Nc4cc(C)[nH]n4)cc(N4CC(F)(C5CC5)C4)n3)ccc2n1.[HH].[HH].[HH].[HH].[HH].[HH].[HH]. The fourth-order valence-electron chi connectivity index (χ4n) is 17.1. The van der Waals surface area contributed by atoms with Gasteiger partial charge in [-0.05, 0) is 242 Å². The van der Waals surface area contributed by atoms with E-state index < -0.39 is 71.5 Å². The zero-order chi connectivity index (χ0) is 98.4. The molecule has 4 saturated carbocycles. The Bertz CT molecular complexity index is 7190. The van der Waals surface area contributed by atoms with Crippen molar-refractivity contribution in [2.24, 2.45) is 30.7 Å². The van der Waals surface area contributed by atoms with Gasteiger partial charge in [0.1, 0.15) is 69.2 Å². The van der Waals surface area contributed by atoms with Crippen molar-refractivity contribution in [1.29, 1.82) is 0 Å². The first-order valence-corrected chi connectivity index (χ1v) is 48.6. The first-order valence-electron chi connectivity index (χ1n) is 45.4. The van der Waals surface area contributed by atoms with Crippen LogP contribution in [-0.4, -0.2) is 197 Å². The van der Waals surface area contributed by atoms with Crippen molar-refractivity contribution in [2.75, 3.05) is 98.5 Å². The molecule has 23 rings (SSSR count). The number of amides is 1. The Morgan fingerprint density at radius 3 is 1.17 bits per heavy atom. The van der Waals surface area contributed by atoms with E-state index >= 15 is 0 Å². The number of rotatable bonds is 27. The van der Waals surface area contributed by atoms with Gasteiger partial charge in [-0.2, -0.15) is 59.9 Å². The van der Waals surface area contributed by atoms with Gasteiger partial charge in [0.05, 0.1) is 86.4 Å². The second kappa shape index (κ2) is 37.7. The molecule has 4 aromatic carbocycles. The van der Waals surface area contributed by atoms with Crippen LogP contribution in [0.1, 0.15) is 114 Å². The van der Waals surface area contributed by atoms with Crippen LogP contribution in [0.15, 0.2) is 180 Å². The number of fused-ring (bicyclic) bond motifs is 3. The average molecular weight is 2030 g/mol. The number of carbonyl (C=O) groups excluding carboxylic acids is 1. The lowest BCUT2D eigenvalue weighted by atomic mass is 9.89. The Morgan fingerprint density at radius 1 is 0.411 bits per heavy atom. The Hall–Kier alpha value is -13.2. The number of benzene rings is 4. The number of nitrogens with one attached hydrogen (secondary N) is 10. The van der Waals surface area contributed by atoms with Crippen LogP contribution in [-0.2, 0) is 24.2 Å². The van der Waals surface area contributed by atoms with Gasteiger partial charge >= 0.3 is 18.5 Å². The van der Waals surface area contributed by atoms with Gasteiger partial charge < -0.3 is 60.8 Å². The highest BCUT2D eigenvalue weighted by atomic mass is 32.2. The molecule has 32 nitrogen and oxygen atoms in total. The summed E-state index contributed by atoms with van der Waals surface area (Å²) in [5, 5.41) is 57.1. The van der Waals surface area contributed by atoms with Crippen molar-refractivity contribution in [3.63, 3.8) is 0 Å². The molecule has 141 heavy (non-hydrogen) atoms. The predicted octanol–water partition coefficient (Wildman–Crippen LogP) is 22.0. The summed E-state index contributed by atoms with van der Waals surface area (Å²) in [7, 11) is 1.34. The molecule has 4 saturated heterocycles. The van der Waals surface area contributed by atoms with Gasteiger partial charge in [0, 0.05) is 131 Å². The lowest BCUT2D eigenvalue weighted by molar-refractivity contribution is -0.146. The van der Waals surface area contributed by atoms with E-state index in [0.717, 1.165) is 111 Å². The fraction of sp³-hybridized carbons (Fsp3) is 0.376. The number of pyridine rings is 1. The standard InChI is InChI=1S/C24H25F4N7OS.C24H24FN7S.C23H22F4N8S.C22H21F3N8OS.7H2/c1-14-10-19(34-33-14)30-18-11-20(35-12-23(25,13-35)15-2-3-15)32-22(31-18)37-17-6-4-16(5-7-17)29-21(36)8-9-24(26,27)28;1-14-3-4-16-10-18(7-8-19(16)26-14)33-23-28-20(27-21-9-15(2)30-31-21)11-22(29-23)32-12-24(25,13-32)17-5-6-17;1-12-7-18(33-32-12)29-17-9-19(35-10-22(24,11-35)13-3-4-13)31-21(30-17)36-14-5-6-15-16(8-14)34(2)20(28-15)23(25,26)27;1-11-6-17(32-31-11)28-16-8-18(33-9-21(34,10-33)12-2-3-12)30-20(29-16)35-13-4-5-14-15(7-13)27-19(26-14)22(23,24)25;;;;;;;/h4-7,10-11,15H,2-3,8-9,12-13H2,1H3,(H,29,36)(H2,30,31,32,33,34);3-4,7-11,17H,5-6,12-13H2,1-2H3,(H2,27,28,29,30,31);5-9,13H,3-4,10-11H2,1-2H3,(H2,29,30,31,32,33);4-8,12,34H,2-3,9-10H2,1H3,(H,26,27)(H2,28,29,30,31,32);7*1H. The minimum atomic E-state index is -4.55. The van der Waals surface area contributed by atoms with Crippen molar-refractivity contribution in [3.8, 4) is 0 Å². The van der Waals surface area contributed by atoms with Crippen LogP contribution < -0.4 is 46.2 Å². The predicted molar refractivity (Wildman–Crippen MR) is 526 cm³/mol.